The fraction of sp³-hybridized carbons (Fsp3) is 1.00. The Hall–Kier alpha value is -0.0800. The van der Waals surface area contributed by atoms with Gasteiger partial charge in [-0.2, -0.15) is 0 Å². The van der Waals surface area contributed by atoms with Gasteiger partial charge in [-0.05, 0) is 38.1 Å². The third-order valence-electron chi connectivity index (χ3n) is 4.43. The molecule has 1 aliphatic heterocycles. The highest BCUT2D eigenvalue weighted by Gasteiger charge is 2.32. The van der Waals surface area contributed by atoms with E-state index in [0.717, 1.165) is 12.0 Å². The fourth-order valence-electron chi connectivity index (χ4n) is 3.47. The van der Waals surface area contributed by atoms with E-state index in [4.69, 9.17) is 0 Å². The van der Waals surface area contributed by atoms with Crippen LogP contribution in [-0.4, -0.2) is 35.2 Å². The zero-order valence-electron chi connectivity index (χ0n) is 9.99. The van der Waals surface area contributed by atoms with E-state index in [1.807, 2.05) is 0 Å². The van der Waals surface area contributed by atoms with E-state index in [1.54, 1.807) is 0 Å². The largest absolute Gasteiger partial charge is 0.395 e. The molecule has 1 heterocycles. The molecule has 15 heavy (non-hydrogen) atoms. The van der Waals surface area contributed by atoms with Crippen molar-refractivity contribution in [2.45, 2.75) is 64.0 Å². The lowest BCUT2D eigenvalue weighted by atomic mass is 9.83. The maximum absolute atomic E-state index is 9.35. The minimum atomic E-state index is 0.368. The van der Waals surface area contributed by atoms with Crippen LogP contribution in [0.4, 0.5) is 0 Å². The van der Waals surface area contributed by atoms with Crippen LogP contribution >= 0.6 is 0 Å². The number of aliphatic hydroxyl groups is 1. The van der Waals surface area contributed by atoms with Crippen LogP contribution in [0.25, 0.3) is 0 Å². The first-order chi connectivity index (χ1) is 7.35. The van der Waals surface area contributed by atoms with Gasteiger partial charge >= 0.3 is 0 Å². The summed E-state index contributed by atoms with van der Waals surface area (Å²) in [5.41, 5.74) is 0. The lowest BCUT2D eigenvalue weighted by molar-refractivity contribution is 0.0825. The molecule has 3 atom stereocenters. The number of aliphatic hydroxyl groups excluding tert-OH is 1. The molecule has 0 spiro atoms. The normalized spacial score (nSPS) is 38.4. The van der Waals surface area contributed by atoms with Gasteiger partial charge in [0.2, 0.25) is 0 Å². The van der Waals surface area contributed by atoms with Gasteiger partial charge in [0, 0.05) is 12.1 Å². The van der Waals surface area contributed by atoms with Crippen LogP contribution < -0.4 is 0 Å². The van der Waals surface area contributed by atoms with Crippen molar-refractivity contribution in [1.82, 2.24) is 4.90 Å². The van der Waals surface area contributed by atoms with Crippen LogP contribution in [-0.2, 0) is 0 Å². The molecule has 0 amide bonds. The van der Waals surface area contributed by atoms with Crippen molar-refractivity contribution in [2.75, 3.05) is 13.2 Å². The molecule has 1 aliphatic carbocycles. The van der Waals surface area contributed by atoms with Gasteiger partial charge in [-0.3, -0.25) is 4.90 Å². The van der Waals surface area contributed by atoms with Crippen molar-refractivity contribution in [3.05, 3.63) is 0 Å². The molecule has 2 aliphatic rings. The van der Waals surface area contributed by atoms with Crippen molar-refractivity contribution in [2.24, 2.45) is 5.92 Å². The summed E-state index contributed by atoms with van der Waals surface area (Å²) in [6, 6.07) is 1.26. The highest BCUT2D eigenvalue weighted by Crippen LogP contribution is 2.33. The predicted octanol–water partition coefficient (Wildman–Crippen LogP) is 2.41. The van der Waals surface area contributed by atoms with E-state index < -0.39 is 0 Å². The van der Waals surface area contributed by atoms with Gasteiger partial charge in [-0.1, -0.05) is 26.2 Å². The van der Waals surface area contributed by atoms with Crippen LogP contribution in [0.1, 0.15) is 51.9 Å². The quantitative estimate of drug-likeness (QED) is 0.775. The molecular formula is C13H25NO. The highest BCUT2D eigenvalue weighted by atomic mass is 16.3. The van der Waals surface area contributed by atoms with Crippen LogP contribution in [0.3, 0.4) is 0 Å². The summed E-state index contributed by atoms with van der Waals surface area (Å²) in [6.07, 6.45) is 9.43. The molecule has 1 N–H and O–H groups in total. The first-order valence-electron chi connectivity index (χ1n) is 6.71. The van der Waals surface area contributed by atoms with Crippen molar-refractivity contribution in [1.29, 1.82) is 0 Å². The van der Waals surface area contributed by atoms with Crippen molar-refractivity contribution in [3.63, 3.8) is 0 Å². The molecule has 88 valence electrons. The Morgan fingerprint density at radius 2 is 2.07 bits per heavy atom. The third kappa shape index (κ3) is 2.54. The predicted molar refractivity (Wildman–Crippen MR) is 62.9 cm³/mol. The van der Waals surface area contributed by atoms with Gasteiger partial charge in [0.05, 0.1) is 6.61 Å². The molecule has 1 saturated carbocycles. The average molecular weight is 211 g/mol. The standard InChI is InChI=1S/C13H25NO/c1-2-11-5-3-6-12(9-11)14-8-4-7-13(14)10-15/h11-13,15H,2-10H2,1H3/t11?,12?,13-/m1/s1. The zero-order valence-corrected chi connectivity index (χ0v) is 9.99. The Labute approximate surface area is 93.7 Å². The molecule has 2 unspecified atom stereocenters. The number of hydrogen-bond acceptors (Lipinski definition) is 2. The van der Waals surface area contributed by atoms with Crippen molar-refractivity contribution >= 4 is 0 Å². The zero-order chi connectivity index (χ0) is 10.7. The van der Waals surface area contributed by atoms with E-state index in [1.165, 1.54) is 51.5 Å². The number of hydrogen-bond donors (Lipinski definition) is 1. The summed E-state index contributed by atoms with van der Waals surface area (Å²) in [4.78, 5) is 2.60. The summed E-state index contributed by atoms with van der Waals surface area (Å²) in [5.74, 6) is 0.948. The van der Waals surface area contributed by atoms with Crippen LogP contribution in [0.5, 0.6) is 0 Å². The second-order valence-corrected chi connectivity index (χ2v) is 5.31. The molecule has 0 radical (unpaired) electrons. The maximum Gasteiger partial charge on any atom is 0.0586 e. The molecule has 2 fully saturated rings. The smallest absolute Gasteiger partial charge is 0.0586 e. The summed E-state index contributed by atoms with van der Waals surface area (Å²) in [6.45, 7) is 3.92. The Bertz CT molecular complexity index is 195. The molecule has 2 heteroatoms. The number of rotatable bonds is 3. The van der Waals surface area contributed by atoms with E-state index >= 15 is 0 Å². The minimum absolute atomic E-state index is 0.368. The highest BCUT2D eigenvalue weighted by molar-refractivity contribution is 4.87. The maximum atomic E-state index is 9.35. The lowest BCUT2D eigenvalue weighted by Crippen LogP contribution is -2.43. The second-order valence-electron chi connectivity index (χ2n) is 5.31. The number of likely N-dealkylation sites (tertiary alicyclic amines) is 1. The Balaban J connectivity index is 1.91. The van der Waals surface area contributed by atoms with E-state index in [-0.39, 0.29) is 0 Å². The Morgan fingerprint density at radius 1 is 1.20 bits per heavy atom. The fourth-order valence-corrected chi connectivity index (χ4v) is 3.47. The first kappa shape index (κ1) is 11.4. The molecule has 2 rings (SSSR count). The first-order valence-corrected chi connectivity index (χ1v) is 6.71. The monoisotopic (exact) mass is 211 g/mol. The summed E-state index contributed by atoms with van der Waals surface area (Å²) < 4.78 is 0. The van der Waals surface area contributed by atoms with Crippen LogP contribution in [0, 0.1) is 5.92 Å². The van der Waals surface area contributed by atoms with Gasteiger partial charge in [0.1, 0.15) is 0 Å². The van der Waals surface area contributed by atoms with Crippen molar-refractivity contribution in [3.8, 4) is 0 Å². The van der Waals surface area contributed by atoms with Gasteiger partial charge < -0.3 is 5.11 Å². The molecule has 1 saturated heterocycles. The topological polar surface area (TPSA) is 23.5 Å². The Morgan fingerprint density at radius 3 is 2.80 bits per heavy atom. The van der Waals surface area contributed by atoms with E-state index in [2.05, 4.69) is 11.8 Å². The molecule has 0 aromatic carbocycles. The van der Waals surface area contributed by atoms with Crippen LogP contribution in [0.15, 0.2) is 0 Å². The van der Waals surface area contributed by atoms with E-state index in [9.17, 15) is 5.11 Å². The summed E-state index contributed by atoms with van der Waals surface area (Å²) in [7, 11) is 0. The summed E-state index contributed by atoms with van der Waals surface area (Å²) in [5, 5.41) is 9.35. The molecule has 0 aromatic rings. The molecular weight excluding hydrogens is 186 g/mol. The SMILES string of the molecule is CCC1CCCC(N2CCC[C@@H]2CO)C1. The second kappa shape index (κ2) is 5.31. The molecule has 2 nitrogen and oxygen atoms in total. The van der Waals surface area contributed by atoms with Crippen molar-refractivity contribution < 1.29 is 5.11 Å². The van der Waals surface area contributed by atoms with Gasteiger partial charge in [-0.15, -0.1) is 0 Å². The summed E-state index contributed by atoms with van der Waals surface area (Å²) >= 11 is 0. The minimum Gasteiger partial charge on any atom is -0.395 e. The van der Waals surface area contributed by atoms with Gasteiger partial charge in [-0.25, -0.2) is 0 Å². The number of nitrogens with zero attached hydrogens (tertiary/aromatic N) is 1. The Kier molecular flexibility index (Phi) is 4.04. The molecule has 0 bridgehead atoms. The molecule has 0 aromatic heterocycles. The average Bonchev–Trinajstić information content (AvgIpc) is 2.77. The van der Waals surface area contributed by atoms with Gasteiger partial charge in [0.25, 0.3) is 0 Å². The lowest BCUT2D eigenvalue weighted by Gasteiger charge is -2.37. The van der Waals surface area contributed by atoms with Crippen LogP contribution in [0.2, 0.25) is 0 Å². The van der Waals surface area contributed by atoms with E-state index in [0.29, 0.717) is 12.6 Å². The van der Waals surface area contributed by atoms with Gasteiger partial charge in [0.15, 0.2) is 0 Å². The third-order valence-corrected chi connectivity index (χ3v) is 4.43.